The molecule has 1 unspecified atom stereocenters. The van der Waals surface area contributed by atoms with E-state index >= 15 is 0 Å². The molecule has 0 aliphatic rings. The lowest BCUT2D eigenvalue weighted by Crippen LogP contribution is -2.30. The Balaban J connectivity index is 1.42. The first kappa shape index (κ1) is 35.3. The number of hydrogen-bond acceptors (Lipinski definition) is 6. The summed E-state index contributed by atoms with van der Waals surface area (Å²) in [6, 6.07) is 26.9. The molecule has 0 saturated carbocycles. The predicted molar refractivity (Wildman–Crippen MR) is 189 cm³/mol. The predicted octanol–water partition coefficient (Wildman–Crippen LogP) is 8.48. The first-order valence-corrected chi connectivity index (χ1v) is 16.5. The molecule has 0 fully saturated rings. The molecule has 3 amide bonds. The zero-order valence-electron chi connectivity index (χ0n) is 25.7. The van der Waals surface area contributed by atoms with Gasteiger partial charge in [-0.2, -0.15) is 0 Å². The summed E-state index contributed by atoms with van der Waals surface area (Å²) >= 11 is 13.7. The number of esters is 1. The van der Waals surface area contributed by atoms with E-state index in [0.717, 1.165) is 17.7 Å². The Bertz CT molecular complexity index is 1760. The van der Waals surface area contributed by atoms with E-state index in [-0.39, 0.29) is 11.6 Å². The number of halogens is 2. The number of thioether (sulfide) groups is 1. The lowest BCUT2D eigenvalue weighted by atomic mass is 10.1. The summed E-state index contributed by atoms with van der Waals surface area (Å²) in [5.41, 5.74) is 2.24. The van der Waals surface area contributed by atoms with Crippen molar-refractivity contribution in [1.29, 1.82) is 0 Å². The van der Waals surface area contributed by atoms with Gasteiger partial charge in [-0.25, -0.2) is 4.79 Å². The highest BCUT2D eigenvalue weighted by Crippen LogP contribution is 2.28. The first-order chi connectivity index (χ1) is 22.6. The van der Waals surface area contributed by atoms with Gasteiger partial charge in [-0.15, -0.1) is 11.8 Å². The van der Waals surface area contributed by atoms with Gasteiger partial charge >= 0.3 is 5.97 Å². The molecular formula is C36H33Cl2N3O5S. The maximum absolute atomic E-state index is 13.5. The van der Waals surface area contributed by atoms with E-state index in [4.69, 9.17) is 27.9 Å². The molecule has 0 aliphatic heterocycles. The fraction of sp³-hybridized carbons (Fsp3) is 0.167. The van der Waals surface area contributed by atoms with E-state index in [0.29, 0.717) is 44.7 Å². The molecule has 0 spiro atoms. The standard InChI is InChI=1S/C36H33Cl2N3O5S/c1-3-4-19-46-36(45)25-14-17-28(18-15-25)39-33(42)23(2)47-30-12-8-11-29(22-30)40-35(44)32(20-26-13-16-27(37)21-31(26)38)41-34(43)24-9-6-5-7-10-24/h5-18,20-23H,3-4,19H2,1-2H3,(H,39,42)(H,40,44)(H,41,43)/b32-20+. The molecule has 242 valence electrons. The molecule has 0 saturated heterocycles. The number of carbonyl (C=O) groups excluding carboxylic acids is 4. The van der Waals surface area contributed by atoms with Crippen molar-refractivity contribution in [3.63, 3.8) is 0 Å². The SMILES string of the molecule is CCCCOC(=O)c1ccc(NC(=O)C(C)Sc2cccc(NC(=O)/C(=C\c3ccc(Cl)cc3Cl)NC(=O)c3ccccc3)c2)cc1. The number of amides is 3. The van der Waals surface area contributed by atoms with Gasteiger partial charge in [-0.05, 0) is 91.7 Å². The second-order valence-electron chi connectivity index (χ2n) is 10.3. The van der Waals surface area contributed by atoms with Crippen LogP contribution in [0.5, 0.6) is 0 Å². The van der Waals surface area contributed by atoms with Crippen molar-refractivity contribution in [2.75, 3.05) is 17.2 Å². The van der Waals surface area contributed by atoms with Gasteiger partial charge in [-0.3, -0.25) is 14.4 Å². The van der Waals surface area contributed by atoms with Crippen molar-refractivity contribution in [1.82, 2.24) is 5.32 Å². The Labute approximate surface area is 287 Å². The molecule has 4 rings (SSSR count). The molecule has 4 aromatic carbocycles. The average molecular weight is 691 g/mol. The van der Waals surface area contributed by atoms with Crippen molar-refractivity contribution in [3.05, 3.63) is 129 Å². The molecule has 0 bridgehead atoms. The Morgan fingerprint density at radius 3 is 2.28 bits per heavy atom. The topological polar surface area (TPSA) is 114 Å². The molecule has 0 heterocycles. The van der Waals surface area contributed by atoms with Crippen molar-refractivity contribution in [2.24, 2.45) is 0 Å². The third-order valence-corrected chi connectivity index (χ3v) is 8.34. The van der Waals surface area contributed by atoms with Gasteiger partial charge in [0.05, 0.1) is 17.4 Å². The summed E-state index contributed by atoms with van der Waals surface area (Å²) in [7, 11) is 0. The molecule has 0 radical (unpaired) electrons. The lowest BCUT2D eigenvalue weighted by Gasteiger charge is -2.14. The quantitative estimate of drug-likeness (QED) is 0.0562. The molecule has 4 aromatic rings. The van der Waals surface area contributed by atoms with E-state index < -0.39 is 23.0 Å². The second-order valence-corrected chi connectivity index (χ2v) is 12.6. The number of hydrogen-bond donors (Lipinski definition) is 3. The number of benzene rings is 4. The summed E-state index contributed by atoms with van der Waals surface area (Å²) in [6.07, 6.45) is 3.21. The minimum atomic E-state index is -0.578. The van der Waals surface area contributed by atoms with Crippen LogP contribution in [0.25, 0.3) is 6.08 Å². The van der Waals surface area contributed by atoms with Crippen LogP contribution in [0.4, 0.5) is 11.4 Å². The second kappa shape index (κ2) is 17.4. The van der Waals surface area contributed by atoms with Gasteiger partial charge < -0.3 is 20.7 Å². The lowest BCUT2D eigenvalue weighted by molar-refractivity contribution is -0.115. The van der Waals surface area contributed by atoms with Crippen LogP contribution in [-0.4, -0.2) is 35.5 Å². The van der Waals surface area contributed by atoms with Gasteiger partial charge in [0.25, 0.3) is 11.8 Å². The number of carbonyl (C=O) groups is 4. The van der Waals surface area contributed by atoms with Crippen molar-refractivity contribution < 1.29 is 23.9 Å². The third kappa shape index (κ3) is 10.7. The largest absolute Gasteiger partial charge is 0.462 e. The van der Waals surface area contributed by atoms with Crippen LogP contribution < -0.4 is 16.0 Å². The average Bonchev–Trinajstić information content (AvgIpc) is 3.06. The number of unbranched alkanes of at least 4 members (excludes halogenated alkanes) is 1. The molecule has 0 aliphatic carbocycles. The third-order valence-electron chi connectivity index (χ3n) is 6.68. The minimum absolute atomic E-state index is 0.0332. The molecule has 47 heavy (non-hydrogen) atoms. The smallest absolute Gasteiger partial charge is 0.338 e. The summed E-state index contributed by atoms with van der Waals surface area (Å²) in [5.74, 6) is -1.69. The number of nitrogens with one attached hydrogen (secondary N) is 3. The van der Waals surface area contributed by atoms with Crippen LogP contribution in [0.2, 0.25) is 10.0 Å². The highest BCUT2D eigenvalue weighted by Gasteiger charge is 2.18. The molecular weight excluding hydrogens is 657 g/mol. The van der Waals surface area contributed by atoms with Crippen LogP contribution in [-0.2, 0) is 14.3 Å². The van der Waals surface area contributed by atoms with Gasteiger partial charge in [0, 0.05) is 31.9 Å². The molecule has 11 heteroatoms. The number of rotatable bonds is 13. The monoisotopic (exact) mass is 689 g/mol. The summed E-state index contributed by atoms with van der Waals surface area (Å²) in [6.45, 7) is 4.15. The van der Waals surface area contributed by atoms with E-state index in [1.54, 1.807) is 97.9 Å². The van der Waals surface area contributed by atoms with Gasteiger partial charge in [0.1, 0.15) is 5.70 Å². The number of ether oxygens (including phenoxy) is 1. The Morgan fingerprint density at radius 2 is 1.57 bits per heavy atom. The maximum Gasteiger partial charge on any atom is 0.338 e. The summed E-state index contributed by atoms with van der Waals surface area (Å²) in [5, 5.41) is 8.61. The van der Waals surface area contributed by atoms with Crippen LogP contribution in [0.15, 0.2) is 108 Å². The zero-order valence-corrected chi connectivity index (χ0v) is 28.0. The number of anilines is 2. The van der Waals surface area contributed by atoms with Gasteiger partial charge in [0.15, 0.2) is 0 Å². The molecule has 0 aromatic heterocycles. The zero-order chi connectivity index (χ0) is 33.8. The summed E-state index contributed by atoms with van der Waals surface area (Å²) < 4.78 is 5.22. The molecule has 1 atom stereocenters. The van der Waals surface area contributed by atoms with Crippen LogP contribution in [0.1, 0.15) is 53.0 Å². The highest BCUT2D eigenvalue weighted by molar-refractivity contribution is 8.00. The highest BCUT2D eigenvalue weighted by atomic mass is 35.5. The van der Waals surface area contributed by atoms with E-state index in [1.165, 1.54) is 17.8 Å². The van der Waals surface area contributed by atoms with E-state index in [9.17, 15) is 19.2 Å². The Kier molecular flexibility index (Phi) is 13.0. The van der Waals surface area contributed by atoms with E-state index in [2.05, 4.69) is 16.0 Å². The Morgan fingerprint density at radius 1 is 0.830 bits per heavy atom. The first-order valence-electron chi connectivity index (χ1n) is 14.8. The summed E-state index contributed by atoms with van der Waals surface area (Å²) in [4.78, 5) is 52.2. The van der Waals surface area contributed by atoms with Crippen molar-refractivity contribution >= 4 is 76.1 Å². The van der Waals surface area contributed by atoms with Crippen LogP contribution >= 0.6 is 35.0 Å². The van der Waals surface area contributed by atoms with E-state index in [1.807, 2.05) is 13.0 Å². The van der Waals surface area contributed by atoms with Gasteiger partial charge in [-0.1, -0.05) is 66.9 Å². The molecule has 3 N–H and O–H groups in total. The minimum Gasteiger partial charge on any atom is -0.462 e. The Hall–Kier alpha value is -4.57. The fourth-order valence-corrected chi connectivity index (χ4v) is 5.54. The van der Waals surface area contributed by atoms with Crippen molar-refractivity contribution in [3.8, 4) is 0 Å². The normalized spacial score (nSPS) is 11.7. The van der Waals surface area contributed by atoms with Crippen LogP contribution in [0.3, 0.4) is 0 Å². The molecule has 8 nitrogen and oxygen atoms in total. The fourth-order valence-electron chi connectivity index (χ4n) is 4.15. The maximum atomic E-state index is 13.5. The van der Waals surface area contributed by atoms with Crippen LogP contribution in [0, 0.1) is 0 Å². The van der Waals surface area contributed by atoms with Crippen molar-refractivity contribution in [2.45, 2.75) is 36.8 Å². The van der Waals surface area contributed by atoms with Gasteiger partial charge in [0.2, 0.25) is 5.91 Å².